The summed E-state index contributed by atoms with van der Waals surface area (Å²) in [5.41, 5.74) is 0.825. The SMILES string of the molecule is O=C(NC1CCCCC1)N1CCC[C@H]1c1nc2cc(-c3ccccc3C(F)(F)F)ccc2o1. The first kappa shape index (κ1) is 21.8. The summed E-state index contributed by atoms with van der Waals surface area (Å²) in [7, 11) is 0. The summed E-state index contributed by atoms with van der Waals surface area (Å²) in [5.74, 6) is 0.433. The number of hydrogen-bond donors (Lipinski definition) is 1. The summed E-state index contributed by atoms with van der Waals surface area (Å²) in [6.07, 6.45) is 2.66. The number of halogens is 3. The number of hydrogen-bond acceptors (Lipinski definition) is 3. The van der Waals surface area contributed by atoms with E-state index in [0.717, 1.165) is 44.6 Å². The van der Waals surface area contributed by atoms with Gasteiger partial charge in [0.1, 0.15) is 11.6 Å². The topological polar surface area (TPSA) is 58.4 Å². The standard InChI is InChI=1S/C25H26F3N3O2/c26-25(27,28)19-10-5-4-9-18(19)16-12-13-22-20(15-16)30-23(33-22)21-11-6-14-31(21)24(32)29-17-7-2-1-3-8-17/h4-5,9-10,12-13,15,17,21H,1-3,6-8,11,14H2,(H,29,32)/t21-/m0/s1. The molecule has 1 aliphatic heterocycles. The Hall–Kier alpha value is -3.03. The summed E-state index contributed by atoms with van der Waals surface area (Å²) >= 11 is 0. The van der Waals surface area contributed by atoms with E-state index in [9.17, 15) is 18.0 Å². The second-order valence-corrected chi connectivity index (χ2v) is 8.91. The molecule has 0 unspecified atom stereocenters. The van der Waals surface area contributed by atoms with Gasteiger partial charge in [0.05, 0.1) is 5.56 Å². The molecule has 1 saturated carbocycles. The molecule has 1 N–H and O–H groups in total. The first-order valence-corrected chi connectivity index (χ1v) is 11.5. The molecule has 174 valence electrons. The fraction of sp³-hybridized carbons (Fsp3) is 0.440. The molecule has 2 fully saturated rings. The van der Waals surface area contributed by atoms with Gasteiger partial charge in [0.25, 0.3) is 0 Å². The lowest BCUT2D eigenvalue weighted by Crippen LogP contribution is -2.45. The third kappa shape index (κ3) is 4.43. The molecule has 5 rings (SSSR count). The van der Waals surface area contributed by atoms with Gasteiger partial charge in [-0.25, -0.2) is 9.78 Å². The molecule has 2 aromatic carbocycles. The lowest BCUT2D eigenvalue weighted by Gasteiger charge is -2.28. The van der Waals surface area contributed by atoms with E-state index in [0.29, 0.717) is 29.1 Å². The monoisotopic (exact) mass is 457 g/mol. The summed E-state index contributed by atoms with van der Waals surface area (Å²) in [6.45, 7) is 0.631. The highest BCUT2D eigenvalue weighted by Crippen LogP contribution is 2.39. The fourth-order valence-corrected chi connectivity index (χ4v) is 5.01. The molecular weight excluding hydrogens is 431 g/mol. The molecule has 1 saturated heterocycles. The largest absolute Gasteiger partial charge is 0.438 e. The number of nitrogens with zero attached hydrogens (tertiary/aromatic N) is 2. The minimum absolute atomic E-state index is 0.0913. The predicted octanol–water partition coefficient (Wildman–Crippen LogP) is 6.69. The number of carbonyl (C=O) groups excluding carboxylic acids is 1. The van der Waals surface area contributed by atoms with Crippen molar-refractivity contribution in [3.8, 4) is 11.1 Å². The molecule has 0 radical (unpaired) electrons. The van der Waals surface area contributed by atoms with Crippen LogP contribution in [-0.4, -0.2) is 28.5 Å². The Morgan fingerprint density at radius 2 is 1.82 bits per heavy atom. The Bertz CT molecular complexity index is 1150. The Balaban J connectivity index is 1.40. The zero-order chi connectivity index (χ0) is 23.0. The van der Waals surface area contributed by atoms with E-state index in [1.807, 2.05) is 0 Å². The van der Waals surface area contributed by atoms with Crippen LogP contribution in [0.4, 0.5) is 18.0 Å². The molecule has 3 aromatic rings. The smallest absolute Gasteiger partial charge is 0.417 e. The predicted molar refractivity (Wildman–Crippen MR) is 119 cm³/mol. The quantitative estimate of drug-likeness (QED) is 0.477. The van der Waals surface area contributed by atoms with Crippen molar-refractivity contribution >= 4 is 17.1 Å². The molecule has 2 amide bonds. The van der Waals surface area contributed by atoms with Crippen LogP contribution in [-0.2, 0) is 6.18 Å². The molecule has 2 aliphatic rings. The van der Waals surface area contributed by atoms with Gasteiger partial charge in [-0.1, -0.05) is 43.5 Å². The van der Waals surface area contributed by atoms with E-state index < -0.39 is 11.7 Å². The number of fused-ring (bicyclic) bond motifs is 1. The Kier molecular flexibility index (Phi) is 5.76. The average molecular weight is 457 g/mol. The van der Waals surface area contributed by atoms with Crippen LogP contribution in [0.15, 0.2) is 46.9 Å². The van der Waals surface area contributed by atoms with Crippen molar-refractivity contribution in [2.45, 2.75) is 63.2 Å². The minimum atomic E-state index is -4.45. The number of urea groups is 1. The maximum atomic E-state index is 13.5. The van der Waals surface area contributed by atoms with Crippen LogP contribution in [0.2, 0.25) is 0 Å². The van der Waals surface area contributed by atoms with Crippen LogP contribution in [0.1, 0.15) is 62.4 Å². The first-order valence-electron chi connectivity index (χ1n) is 11.5. The molecule has 0 spiro atoms. The lowest BCUT2D eigenvalue weighted by atomic mass is 9.96. The average Bonchev–Trinajstić information content (AvgIpc) is 3.45. The second kappa shape index (κ2) is 8.72. The molecule has 5 nitrogen and oxygen atoms in total. The van der Waals surface area contributed by atoms with Crippen LogP contribution >= 0.6 is 0 Å². The van der Waals surface area contributed by atoms with Crippen molar-refractivity contribution in [2.75, 3.05) is 6.54 Å². The maximum Gasteiger partial charge on any atom is 0.417 e. The van der Waals surface area contributed by atoms with E-state index in [4.69, 9.17) is 4.42 Å². The van der Waals surface area contributed by atoms with Gasteiger partial charge in [0.15, 0.2) is 5.58 Å². The van der Waals surface area contributed by atoms with Gasteiger partial charge in [0.2, 0.25) is 5.89 Å². The number of amides is 2. The normalized spacial score (nSPS) is 19.8. The Morgan fingerprint density at radius 3 is 2.61 bits per heavy atom. The van der Waals surface area contributed by atoms with E-state index in [1.54, 1.807) is 29.2 Å². The second-order valence-electron chi connectivity index (χ2n) is 8.91. The molecule has 1 aromatic heterocycles. The molecular formula is C25H26F3N3O2. The number of aromatic nitrogens is 1. The highest BCUT2D eigenvalue weighted by Gasteiger charge is 2.35. The molecule has 0 bridgehead atoms. The van der Waals surface area contributed by atoms with Gasteiger partial charge in [-0.3, -0.25) is 0 Å². The summed E-state index contributed by atoms with van der Waals surface area (Å²) in [4.78, 5) is 19.3. The molecule has 33 heavy (non-hydrogen) atoms. The zero-order valence-corrected chi connectivity index (χ0v) is 18.2. The third-order valence-corrected chi connectivity index (χ3v) is 6.68. The van der Waals surface area contributed by atoms with Crippen LogP contribution in [0, 0.1) is 0 Å². The number of rotatable bonds is 3. The zero-order valence-electron chi connectivity index (χ0n) is 18.2. The molecule has 8 heteroatoms. The highest BCUT2D eigenvalue weighted by atomic mass is 19.4. The Labute approximate surface area is 190 Å². The number of carbonyl (C=O) groups is 1. The van der Waals surface area contributed by atoms with Gasteiger partial charge in [0, 0.05) is 12.6 Å². The van der Waals surface area contributed by atoms with Crippen molar-refractivity contribution in [3.63, 3.8) is 0 Å². The molecule has 1 aliphatic carbocycles. The van der Waals surface area contributed by atoms with Gasteiger partial charge in [-0.15, -0.1) is 0 Å². The van der Waals surface area contributed by atoms with Crippen molar-refractivity contribution in [1.29, 1.82) is 0 Å². The van der Waals surface area contributed by atoms with Gasteiger partial charge < -0.3 is 14.6 Å². The fourth-order valence-electron chi connectivity index (χ4n) is 5.01. The summed E-state index contributed by atoms with van der Waals surface area (Å²) in [5, 5.41) is 3.16. The molecule has 1 atom stereocenters. The van der Waals surface area contributed by atoms with Crippen LogP contribution < -0.4 is 5.32 Å². The van der Waals surface area contributed by atoms with Crippen molar-refractivity contribution in [1.82, 2.24) is 15.2 Å². The van der Waals surface area contributed by atoms with Crippen molar-refractivity contribution in [3.05, 3.63) is 53.9 Å². The number of nitrogens with one attached hydrogen (secondary N) is 1. The van der Waals surface area contributed by atoms with E-state index in [-0.39, 0.29) is 23.7 Å². The summed E-state index contributed by atoms with van der Waals surface area (Å²) in [6, 6.07) is 10.2. The van der Waals surface area contributed by atoms with Crippen LogP contribution in [0.25, 0.3) is 22.2 Å². The maximum absolute atomic E-state index is 13.5. The minimum Gasteiger partial charge on any atom is -0.438 e. The van der Waals surface area contributed by atoms with Crippen molar-refractivity contribution < 1.29 is 22.4 Å². The highest BCUT2D eigenvalue weighted by molar-refractivity contribution is 5.82. The van der Waals surface area contributed by atoms with Crippen molar-refractivity contribution in [2.24, 2.45) is 0 Å². The van der Waals surface area contributed by atoms with Gasteiger partial charge in [-0.05, 0) is 55.0 Å². The number of benzene rings is 2. The molecule has 2 heterocycles. The van der Waals surface area contributed by atoms with E-state index >= 15 is 0 Å². The van der Waals surface area contributed by atoms with E-state index in [2.05, 4.69) is 10.3 Å². The number of oxazole rings is 1. The van der Waals surface area contributed by atoms with E-state index in [1.165, 1.54) is 18.6 Å². The third-order valence-electron chi connectivity index (χ3n) is 6.68. The van der Waals surface area contributed by atoms with Gasteiger partial charge in [-0.2, -0.15) is 13.2 Å². The number of likely N-dealkylation sites (tertiary alicyclic amines) is 1. The lowest BCUT2D eigenvalue weighted by molar-refractivity contribution is -0.137. The summed E-state index contributed by atoms with van der Waals surface area (Å²) < 4.78 is 46.4. The van der Waals surface area contributed by atoms with Crippen LogP contribution in [0.3, 0.4) is 0 Å². The Morgan fingerprint density at radius 1 is 1.03 bits per heavy atom. The van der Waals surface area contributed by atoms with Crippen LogP contribution in [0.5, 0.6) is 0 Å². The van der Waals surface area contributed by atoms with Gasteiger partial charge >= 0.3 is 12.2 Å². The number of alkyl halides is 3. The first-order chi connectivity index (χ1) is 15.9.